The molecule has 0 atom stereocenters. The SMILES string of the molecule is Cc1ccc(S(=O)(=O)NC(C)(C)C)cc1C(=O)N1CCN(C(=O)N2CCCCC2)CC1. The Labute approximate surface area is 185 Å². The number of piperazine rings is 1. The van der Waals surface area contributed by atoms with Crippen molar-refractivity contribution in [1.82, 2.24) is 19.4 Å². The second kappa shape index (κ2) is 9.16. The van der Waals surface area contributed by atoms with Crippen LogP contribution in [-0.4, -0.2) is 79.9 Å². The van der Waals surface area contributed by atoms with Gasteiger partial charge in [0.15, 0.2) is 0 Å². The molecule has 2 aliphatic rings. The van der Waals surface area contributed by atoms with E-state index in [1.54, 1.807) is 38.7 Å². The molecule has 0 saturated carbocycles. The van der Waals surface area contributed by atoms with E-state index in [1.165, 1.54) is 18.6 Å². The number of likely N-dealkylation sites (tertiary alicyclic amines) is 1. The molecule has 0 aromatic heterocycles. The van der Waals surface area contributed by atoms with Gasteiger partial charge in [-0.3, -0.25) is 4.79 Å². The van der Waals surface area contributed by atoms with E-state index >= 15 is 0 Å². The summed E-state index contributed by atoms with van der Waals surface area (Å²) >= 11 is 0. The molecule has 1 aromatic carbocycles. The van der Waals surface area contributed by atoms with Gasteiger partial charge in [0, 0.05) is 50.4 Å². The Bertz CT molecular complexity index is 925. The second-order valence-electron chi connectivity index (χ2n) is 9.44. The van der Waals surface area contributed by atoms with Gasteiger partial charge in [-0.2, -0.15) is 0 Å². The Morgan fingerprint density at radius 2 is 1.42 bits per heavy atom. The van der Waals surface area contributed by atoms with Crippen LogP contribution in [0.1, 0.15) is 56.0 Å². The molecule has 0 radical (unpaired) electrons. The summed E-state index contributed by atoms with van der Waals surface area (Å²) in [6.07, 6.45) is 3.27. The van der Waals surface area contributed by atoms with Crippen molar-refractivity contribution in [2.75, 3.05) is 39.3 Å². The standard InChI is InChI=1S/C22H34N4O4S/c1-17-8-9-18(31(29,30)23-22(2,3)4)16-19(17)20(27)24-12-14-26(15-13-24)21(28)25-10-6-5-7-11-25/h8-9,16,23H,5-7,10-15H2,1-4H3. The molecule has 1 aromatic rings. The summed E-state index contributed by atoms with van der Waals surface area (Å²) in [6, 6.07) is 4.71. The van der Waals surface area contributed by atoms with E-state index in [0.717, 1.165) is 31.5 Å². The summed E-state index contributed by atoms with van der Waals surface area (Å²) in [7, 11) is -3.73. The number of sulfonamides is 1. The van der Waals surface area contributed by atoms with Crippen LogP contribution < -0.4 is 4.72 Å². The van der Waals surface area contributed by atoms with E-state index in [4.69, 9.17) is 0 Å². The van der Waals surface area contributed by atoms with Gasteiger partial charge >= 0.3 is 6.03 Å². The third-order valence-electron chi connectivity index (χ3n) is 5.65. The zero-order valence-corrected chi connectivity index (χ0v) is 19.8. The third kappa shape index (κ3) is 5.77. The van der Waals surface area contributed by atoms with E-state index in [9.17, 15) is 18.0 Å². The molecule has 0 bridgehead atoms. The maximum absolute atomic E-state index is 13.2. The Morgan fingerprint density at radius 1 is 0.871 bits per heavy atom. The molecule has 9 heteroatoms. The first-order chi connectivity index (χ1) is 14.5. The summed E-state index contributed by atoms with van der Waals surface area (Å²) in [5.41, 5.74) is 0.490. The van der Waals surface area contributed by atoms with E-state index in [-0.39, 0.29) is 16.8 Å². The van der Waals surface area contributed by atoms with E-state index in [1.807, 2.05) is 9.80 Å². The van der Waals surface area contributed by atoms with Crippen molar-refractivity contribution < 1.29 is 18.0 Å². The lowest BCUT2D eigenvalue weighted by molar-refractivity contribution is 0.0632. The molecule has 0 unspecified atom stereocenters. The van der Waals surface area contributed by atoms with Gasteiger partial charge in [-0.05, 0) is 64.7 Å². The number of amides is 3. The molecule has 0 aliphatic carbocycles. The molecular formula is C22H34N4O4S. The average Bonchev–Trinajstić information content (AvgIpc) is 2.72. The number of nitrogens with zero attached hydrogens (tertiary/aromatic N) is 3. The number of nitrogens with one attached hydrogen (secondary N) is 1. The molecule has 0 spiro atoms. The summed E-state index contributed by atoms with van der Waals surface area (Å²) < 4.78 is 28.0. The summed E-state index contributed by atoms with van der Waals surface area (Å²) in [6.45, 7) is 10.6. The maximum Gasteiger partial charge on any atom is 0.320 e. The number of piperidine rings is 1. The third-order valence-corrected chi connectivity index (χ3v) is 7.41. The Morgan fingerprint density at radius 3 is 2.00 bits per heavy atom. The van der Waals surface area contributed by atoms with E-state index in [2.05, 4.69) is 4.72 Å². The molecule has 2 fully saturated rings. The first-order valence-corrected chi connectivity index (χ1v) is 12.4. The van der Waals surface area contributed by atoms with Crippen molar-refractivity contribution in [2.24, 2.45) is 0 Å². The molecule has 2 aliphatic heterocycles. The predicted octanol–water partition coefficient (Wildman–Crippen LogP) is 2.44. The van der Waals surface area contributed by atoms with Gasteiger partial charge in [0.25, 0.3) is 5.91 Å². The fourth-order valence-corrected chi connectivity index (χ4v) is 5.46. The normalized spacial score (nSPS) is 18.3. The topological polar surface area (TPSA) is 90.0 Å². The Balaban J connectivity index is 1.69. The van der Waals surface area contributed by atoms with Crippen LogP contribution in [0.4, 0.5) is 4.79 Å². The molecule has 2 saturated heterocycles. The highest BCUT2D eigenvalue weighted by atomic mass is 32.2. The monoisotopic (exact) mass is 450 g/mol. The molecule has 3 rings (SSSR count). The summed E-state index contributed by atoms with van der Waals surface area (Å²) in [5, 5.41) is 0. The van der Waals surface area contributed by atoms with Crippen molar-refractivity contribution in [3.63, 3.8) is 0 Å². The Kier molecular flexibility index (Phi) is 6.95. The van der Waals surface area contributed by atoms with Gasteiger partial charge in [-0.25, -0.2) is 17.9 Å². The van der Waals surface area contributed by atoms with Crippen LogP contribution in [0.5, 0.6) is 0 Å². The van der Waals surface area contributed by atoms with Gasteiger partial charge < -0.3 is 14.7 Å². The largest absolute Gasteiger partial charge is 0.335 e. The van der Waals surface area contributed by atoms with Crippen molar-refractivity contribution in [3.05, 3.63) is 29.3 Å². The fourth-order valence-electron chi connectivity index (χ4n) is 4.02. The average molecular weight is 451 g/mol. The summed E-state index contributed by atoms with van der Waals surface area (Å²) in [4.78, 5) is 31.4. The minimum atomic E-state index is -3.73. The molecule has 1 N–H and O–H groups in total. The van der Waals surface area contributed by atoms with Gasteiger partial charge in [-0.15, -0.1) is 0 Å². The van der Waals surface area contributed by atoms with Crippen LogP contribution in [-0.2, 0) is 10.0 Å². The minimum absolute atomic E-state index is 0.0596. The number of carbonyl (C=O) groups is 2. The lowest BCUT2D eigenvalue weighted by Crippen LogP contribution is -2.54. The molecular weight excluding hydrogens is 416 g/mol. The van der Waals surface area contributed by atoms with Crippen molar-refractivity contribution >= 4 is 22.0 Å². The minimum Gasteiger partial charge on any atom is -0.335 e. The maximum atomic E-state index is 13.2. The molecule has 2 heterocycles. The summed E-state index contributed by atoms with van der Waals surface area (Å²) in [5.74, 6) is -0.199. The van der Waals surface area contributed by atoms with Crippen molar-refractivity contribution in [1.29, 1.82) is 0 Å². The highest BCUT2D eigenvalue weighted by molar-refractivity contribution is 7.89. The smallest absolute Gasteiger partial charge is 0.320 e. The van der Waals surface area contributed by atoms with Crippen molar-refractivity contribution in [3.8, 4) is 0 Å². The fraction of sp³-hybridized carbons (Fsp3) is 0.636. The van der Waals surface area contributed by atoms with Crippen LogP contribution in [0, 0.1) is 6.92 Å². The number of urea groups is 1. The quantitative estimate of drug-likeness (QED) is 0.766. The highest BCUT2D eigenvalue weighted by Crippen LogP contribution is 2.20. The van der Waals surface area contributed by atoms with Crippen LogP contribution in [0.25, 0.3) is 0 Å². The van der Waals surface area contributed by atoms with Gasteiger partial charge in [0.05, 0.1) is 4.90 Å². The first-order valence-electron chi connectivity index (χ1n) is 11.0. The number of aryl methyl sites for hydroxylation is 1. The first kappa shape index (κ1) is 23.5. The van der Waals surface area contributed by atoms with Crippen LogP contribution in [0.3, 0.4) is 0 Å². The number of benzene rings is 1. The molecule has 3 amide bonds. The van der Waals surface area contributed by atoms with Crippen molar-refractivity contribution in [2.45, 2.75) is 57.4 Å². The number of carbonyl (C=O) groups excluding carboxylic acids is 2. The van der Waals surface area contributed by atoms with Gasteiger partial charge in [0.1, 0.15) is 0 Å². The molecule has 172 valence electrons. The number of rotatable bonds is 3. The zero-order valence-electron chi connectivity index (χ0n) is 19.0. The molecule has 8 nitrogen and oxygen atoms in total. The molecule has 31 heavy (non-hydrogen) atoms. The highest BCUT2D eigenvalue weighted by Gasteiger charge is 2.30. The van der Waals surface area contributed by atoms with E-state index < -0.39 is 15.6 Å². The van der Waals surface area contributed by atoms with Gasteiger partial charge in [-0.1, -0.05) is 6.07 Å². The lowest BCUT2D eigenvalue weighted by Gasteiger charge is -2.38. The van der Waals surface area contributed by atoms with Gasteiger partial charge in [0.2, 0.25) is 10.0 Å². The predicted molar refractivity (Wildman–Crippen MR) is 120 cm³/mol. The number of hydrogen-bond acceptors (Lipinski definition) is 4. The lowest BCUT2D eigenvalue weighted by atomic mass is 10.1. The van der Waals surface area contributed by atoms with E-state index in [0.29, 0.717) is 31.7 Å². The van der Waals surface area contributed by atoms with Crippen LogP contribution >= 0.6 is 0 Å². The number of hydrogen-bond donors (Lipinski definition) is 1. The van der Waals surface area contributed by atoms with Crippen LogP contribution in [0.2, 0.25) is 0 Å². The zero-order chi connectivity index (χ0) is 22.8. The second-order valence-corrected chi connectivity index (χ2v) is 11.1. The van der Waals surface area contributed by atoms with Crippen LogP contribution in [0.15, 0.2) is 23.1 Å². The Hall–Kier alpha value is -2.13.